The van der Waals surface area contributed by atoms with E-state index in [0.29, 0.717) is 19.8 Å². The molecule has 0 radical (unpaired) electrons. The van der Waals surface area contributed by atoms with Crippen LogP contribution >= 0.6 is 46.1 Å². The normalized spacial score (nSPS) is 12.8. The van der Waals surface area contributed by atoms with E-state index in [9.17, 15) is 9.50 Å². The molecule has 0 saturated heterocycles. The van der Waals surface area contributed by atoms with Crippen LogP contribution in [0.5, 0.6) is 0 Å². The van der Waals surface area contributed by atoms with Gasteiger partial charge < -0.3 is 5.11 Å². The van der Waals surface area contributed by atoms with Crippen molar-refractivity contribution in [3.63, 3.8) is 0 Å². The largest absolute Gasteiger partial charge is 0.384 e. The Bertz CT molecular complexity index is 556. The maximum atomic E-state index is 13.0. The molecule has 1 nitrogen and oxygen atoms in total. The zero-order chi connectivity index (χ0) is 12.6. The minimum Gasteiger partial charge on any atom is -0.384 e. The molecule has 2 aromatic rings. The smallest absolute Gasteiger partial charge is 0.141 e. The highest BCUT2D eigenvalue weighted by Crippen LogP contribution is 2.37. The minimum atomic E-state index is -0.968. The standard InChI is InChI=1S/C11H6Cl3FOS/c12-7-3-5(1-2-8(7)15)10(16)6-4-9(13)17-11(6)14/h1-4,10,16H. The molecule has 0 aliphatic rings. The van der Waals surface area contributed by atoms with Crippen molar-refractivity contribution in [3.05, 3.63) is 54.9 Å². The topological polar surface area (TPSA) is 20.2 Å². The molecule has 90 valence electrons. The van der Waals surface area contributed by atoms with Gasteiger partial charge in [-0.1, -0.05) is 40.9 Å². The highest BCUT2D eigenvalue weighted by atomic mass is 35.5. The maximum absolute atomic E-state index is 13.0. The molecule has 0 amide bonds. The Kier molecular flexibility index (Phi) is 3.95. The summed E-state index contributed by atoms with van der Waals surface area (Å²) in [6.07, 6.45) is -0.968. The minimum absolute atomic E-state index is 0.0426. The molecule has 0 spiro atoms. The van der Waals surface area contributed by atoms with Crippen molar-refractivity contribution < 1.29 is 9.50 Å². The lowest BCUT2D eigenvalue weighted by Gasteiger charge is -2.10. The number of benzene rings is 1. The molecule has 0 aliphatic heterocycles. The summed E-state index contributed by atoms with van der Waals surface area (Å²) in [7, 11) is 0. The fraction of sp³-hybridized carbons (Fsp3) is 0.0909. The SMILES string of the molecule is OC(c1ccc(F)c(Cl)c1)c1cc(Cl)sc1Cl. The van der Waals surface area contributed by atoms with E-state index < -0.39 is 11.9 Å². The number of thiophene rings is 1. The first kappa shape index (κ1) is 13.1. The maximum Gasteiger partial charge on any atom is 0.141 e. The first-order chi connectivity index (χ1) is 7.99. The summed E-state index contributed by atoms with van der Waals surface area (Å²) in [5, 5.41) is 10.0. The second-order valence-corrected chi connectivity index (χ2v) is 6.05. The number of halogens is 4. The van der Waals surface area contributed by atoms with Gasteiger partial charge in [-0.05, 0) is 23.8 Å². The van der Waals surface area contributed by atoms with Gasteiger partial charge >= 0.3 is 0 Å². The first-order valence-corrected chi connectivity index (χ1v) is 6.52. The zero-order valence-corrected chi connectivity index (χ0v) is 11.3. The van der Waals surface area contributed by atoms with E-state index in [1.165, 1.54) is 18.2 Å². The van der Waals surface area contributed by atoms with Crippen molar-refractivity contribution in [2.45, 2.75) is 6.10 Å². The van der Waals surface area contributed by atoms with E-state index in [0.717, 1.165) is 11.3 Å². The first-order valence-electron chi connectivity index (χ1n) is 4.57. The molecular formula is C11H6Cl3FOS. The number of aliphatic hydroxyl groups is 1. The predicted molar refractivity (Wildman–Crippen MR) is 69.8 cm³/mol. The van der Waals surface area contributed by atoms with E-state index in [1.54, 1.807) is 6.07 Å². The van der Waals surface area contributed by atoms with Crippen molar-refractivity contribution >= 4 is 46.1 Å². The summed E-state index contributed by atoms with van der Waals surface area (Å²) >= 11 is 18.5. The Balaban J connectivity index is 2.40. The van der Waals surface area contributed by atoms with Gasteiger partial charge in [0.25, 0.3) is 0 Å². The highest BCUT2D eigenvalue weighted by molar-refractivity contribution is 7.20. The molecule has 17 heavy (non-hydrogen) atoms. The van der Waals surface area contributed by atoms with Gasteiger partial charge in [0.05, 0.1) is 9.36 Å². The van der Waals surface area contributed by atoms with E-state index in [-0.39, 0.29) is 5.02 Å². The molecule has 1 aromatic heterocycles. The van der Waals surface area contributed by atoms with Gasteiger partial charge in [0.15, 0.2) is 0 Å². The lowest BCUT2D eigenvalue weighted by atomic mass is 10.0. The van der Waals surface area contributed by atoms with Crippen LogP contribution in [0, 0.1) is 5.82 Å². The van der Waals surface area contributed by atoms with Crippen LogP contribution in [0.1, 0.15) is 17.2 Å². The van der Waals surface area contributed by atoms with E-state index in [4.69, 9.17) is 34.8 Å². The van der Waals surface area contributed by atoms with Gasteiger partial charge in [0.1, 0.15) is 16.3 Å². The third-order valence-electron chi connectivity index (χ3n) is 2.24. The summed E-state index contributed by atoms with van der Waals surface area (Å²) < 4.78 is 13.9. The van der Waals surface area contributed by atoms with Crippen LogP contribution in [0.3, 0.4) is 0 Å². The van der Waals surface area contributed by atoms with E-state index in [1.807, 2.05) is 0 Å². The monoisotopic (exact) mass is 310 g/mol. The van der Waals surface area contributed by atoms with Crippen molar-refractivity contribution in [1.29, 1.82) is 0 Å². The van der Waals surface area contributed by atoms with Crippen molar-refractivity contribution in [1.82, 2.24) is 0 Å². The number of rotatable bonds is 2. The summed E-state index contributed by atoms with van der Waals surface area (Å²) in [6.45, 7) is 0. The second kappa shape index (κ2) is 5.12. The Morgan fingerprint density at radius 3 is 2.41 bits per heavy atom. The summed E-state index contributed by atoms with van der Waals surface area (Å²) in [4.78, 5) is 0. The van der Waals surface area contributed by atoms with Gasteiger partial charge in [-0.3, -0.25) is 0 Å². The fourth-order valence-corrected chi connectivity index (χ4v) is 3.11. The average Bonchev–Trinajstić information content (AvgIpc) is 2.61. The van der Waals surface area contributed by atoms with Crippen LogP contribution in [0.2, 0.25) is 13.7 Å². The molecule has 1 unspecified atom stereocenters. The Morgan fingerprint density at radius 2 is 1.88 bits per heavy atom. The molecule has 1 N–H and O–H groups in total. The van der Waals surface area contributed by atoms with Crippen LogP contribution in [0.15, 0.2) is 24.3 Å². The predicted octanol–water partition coefficient (Wildman–Crippen LogP) is 4.93. The number of aliphatic hydroxyl groups excluding tert-OH is 1. The molecule has 2 rings (SSSR count). The van der Waals surface area contributed by atoms with Crippen LogP contribution in [-0.2, 0) is 0 Å². The number of hydrogen-bond acceptors (Lipinski definition) is 2. The molecule has 0 bridgehead atoms. The molecule has 6 heteroatoms. The average molecular weight is 312 g/mol. The number of hydrogen-bond donors (Lipinski definition) is 1. The highest BCUT2D eigenvalue weighted by Gasteiger charge is 2.17. The van der Waals surface area contributed by atoms with E-state index >= 15 is 0 Å². The lowest BCUT2D eigenvalue weighted by Crippen LogP contribution is -1.99. The Labute approximate surface area is 116 Å². The fourth-order valence-electron chi connectivity index (χ4n) is 1.40. The zero-order valence-electron chi connectivity index (χ0n) is 8.25. The summed E-state index contributed by atoms with van der Waals surface area (Å²) in [6, 6.07) is 5.59. The molecule has 0 fully saturated rings. The second-order valence-electron chi connectivity index (χ2n) is 3.36. The lowest BCUT2D eigenvalue weighted by molar-refractivity contribution is 0.221. The molecular weight excluding hydrogens is 306 g/mol. The third-order valence-corrected chi connectivity index (χ3v) is 4.04. The third kappa shape index (κ3) is 2.75. The Morgan fingerprint density at radius 1 is 1.18 bits per heavy atom. The summed E-state index contributed by atoms with van der Waals surface area (Å²) in [5.41, 5.74) is 0.956. The van der Waals surface area contributed by atoms with Crippen molar-refractivity contribution in [3.8, 4) is 0 Å². The van der Waals surface area contributed by atoms with Crippen LogP contribution in [0.25, 0.3) is 0 Å². The van der Waals surface area contributed by atoms with Gasteiger partial charge in [0, 0.05) is 5.56 Å². The Hall–Kier alpha value is -0.320. The van der Waals surface area contributed by atoms with Crippen LogP contribution in [0.4, 0.5) is 4.39 Å². The van der Waals surface area contributed by atoms with Crippen molar-refractivity contribution in [2.75, 3.05) is 0 Å². The molecule has 0 aliphatic carbocycles. The molecule has 1 atom stereocenters. The molecule has 0 saturated carbocycles. The van der Waals surface area contributed by atoms with Gasteiger partial charge in [-0.25, -0.2) is 4.39 Å². The quantitative estimate of drug-likeness (QED) is 0.834. The molecule has 1 heterocycles. The summed E-state index contributed by atoms with van der Waals surface area (Å²) in [5.74, 6) is -0.530. The van der Waals surface area contributed by atoms with Gasteiger partial charge in [0.2, 0.25) is 0 Å². The van der Waals surface area contributed by atoms with Crippen LogP contribution < -0.4 is 0 Å². The van der Waals surface area contributed by atoms with Crippen molar-refractivity contribution in [2.24, 2.45) is 0 Å². The van der Waals surface area contributed by atoms with Gasteiger partial charge in [-0.15, -0.1) is 11.3 Å². The van der Waals surface area contributed by atoms with E-state index in [2.05, 4.69) is 0 Å². The van der Waals surface area contributed by atoms with Gasteiger partial charge in [-0.2, -0.15) is 0 Å². The van der Waals surface area contributed by atoms with Crippen LogP contribution in [-0.4, -0.2) is 5.11 Å². The molecule has 1 aromatic carbocycles.